The molecule has 1 aromatic carbocycles. The van der Waals surface area contributed by atoms with Gasteiger partial charge in [0.25, 0.3) is 0 Å². The van der Waals surface area contributed by atoms with Crippen LogP contribution in [0.15, 0.2) is 35.3 Å². The van der Waals surface area contributed by atoms with E-state index in [0.717, 1.165) is 5.56 Å². The number of carbonyl (C=O) groups excluding carboxylic acids is 1. The largest absolute Gasteiger partial charge is 0.304 e. The van der Waals surface area contributed by atoms with Gasteiger partial charge < -0.3 is 5.32 Å². The van der Waals surface area contributed by atoms with Crippen LogP contribution in [0.4, 0.5) is 0 Å². The zero-order valence-electron chi connectivity index (χ0n) is 7.73. The van der Waals surface area contributed by atoms with Gasteiger partial charge in [-0.1, -0.05) is 42.1 Å². The summed E-state index contributed by atoms with van der Waals surface area (Å²) >= 11 is 1.46. The quantitative estimate of drug-likeness (QED) is 0.758. The highest BCUT2D eigenvalue weighted by Gasteiger charge is 2.30. The van der Waals surface area contributed by atoms with Gasteiger partial charge in [-0.2, -0.15) is 0 Å². The standard InChI is InChI=1S/C10H10N2OS/c1-11-10-12-9(13)8(14-10)7-5-3-2-4-6-7/h2-6,8H,1H3,(H,11,12,13)/t8-/m1/s1. The van der Waals surface area contributed by atoms with Gasteiger partial charge >= 0.3 is 0 Å². The second kappa shape index (κ2) is 3.84. The number of amides is 1. The third-order valence-electron chi connectivity index (χ3n) is 2.00. The maximum atomic E-state index is 11.5. The Bertz CT molecular complexity index is 375. The molecule has 1 saturated heterocycles. The van der Waals surface area contributed by atoms with E-state index in [4.69, 9.17) is 0 Å². The number of hydrogen-bond acceptors (Lipinski definition) is 3. The number of rotatable bonds is 1. The van der Waals surface area contributed by atoms with Crippen LogP contribution in [0.3, 0.4) is 0 Å². The molecular weight excluding hydrogens is 196 g/mol. The molecule has 1 aromatic rings. The summed E-state index contributed by atoms with van der Waals surface area (Å²) in [6.07, 6.45) is 0. The normalized spacial score (nSPS) is 23.9. The fourth-order valence-corrected chi connectivity index (χ4v) is 2.27. The highest BCUT2D eigenvalue weighted by Crippen LogP contribution is 2.33. The third kappa shape index (κ3) is 1.65. The van der Waals surface area contributed by atoms with E-state index in [-0.39, 0.29) is 11.2 Å². The molecule has 14 heavy (non-hydrogen) atoms. The van der Waals surface area contributed by atoms with Gasteiger partial charge in [0.15, 0.2) is 5.17 Å². The average molecular weight is 206 g/mol. The summed E-state index contributed by atoms with van der Waals surface area (Å²) in [6.45, 7) is 0. The molecule has 1 fully saturated rings. The molecule has 0 radical (unpaired) electrons. The van der Waals surface area contributed by atoms with Gasteiger partial charge in [0.2, 0.25) is 5.91 Å². The molecule has 3 nitrogen and oxygen atoms in total. The lowest BCUT2D eigenvalue weighted by Crippen LogP contribution is -2.21. The molecule has 0 unspecified atom stereocenters. The Morgan fingerprint density at radius 1 is 1.36 bits per heavy atom. The molecule has 1 heterocycles. The summed E-state index contributed by atoms with van der Waals surface area (Å²) < 4.78 is 0. The summed E-state index contributed by atoms with van der Waals surface area (Å²) in [4.78, 5) is 15.5. The van der Waals surface area contributed by atoms with Crippen molar-refractivity contribution in [2.75, 3.05) is 7.05 Å². The van der Waals surface area contributed by atoms with Gasteiger partial charge in [-0.3, -0.25) is 9.79 Å². The lowest BCUT2D eigenvalue weighted by Gasteiger charge is -2.03. The molecule has 0 spiro atoms. The predicted molar refractivity (Wildman–Crippen MR) is 58.3 cm³/mol. The molecule has 1 aliphatic rings. The lowest BCUT2D eigenvalue weighted by molar-refractivity contribution is -0.118. The van der Waals surface area contributed by atoms with Crippen molar-refractivity contribution in [2.24, 2.45) is 4.99 Å². The van der Waals surface area contributed by atoms with Gasteiger partial charge in [0.05, 0.1) is 0 Å². The number of benzene rings is 1. The first-order valence-electron chi connectivity index (χ1n) is 4.30. The van der Waals surface area contributed by atoms with Crippen LogP contribution in [0, 0.1) is 0 Å². The summed E-state index contributed by atoms with van der Waals surface area (Å²) in [5, 5.41) is 3.28. The van der Waals surface area contributed by atoms with Crippen molar-refractivity contribution >= 4 is 22.8 Å². The minimum Gasteiger partial charge on any atom is -0.304 e. The smallest absolute Gasteiger partial charge is 0.244 e. The topological polar surface area (TPSA) is 41.5 Å². The molecule has 0 aliphatic carbocycles. The van der Waals surface area contributed by atoms with E-state index in [1.807, 2.05) is 30.3 Å². The van der Waals surface area contributed by atoms with E-state index in [1.54, 1.807) is 7.05 Å². The fourth-order valence-electron chi connectivity index (χ4n) is 1.32. The van der Waals surface area contributed by atoms with E-state index < -0.39 is 0 Å². The number of aliphatic imine (C=N–C) groups is 1. The molecule has 1 atom stereocenters. The Hall–Kier alpha value is -1.29. The molecule has 4 heteroatoms. The number of nitrogens with zero attached hydrogens (tertiary/aromatic N) is 1. The second-order valence-electron chi connectivity index (χ2n) is 2.93. The third-order valence-corrected chi connectivity index (χ3v) is 3.23. The predicted octanol–water partition coefficient (Wildman–Crippen LogP) is 1.58. The van der Waals surface area contributed by atoms with E-state index in [9.17, 15) is 4.79 Å². The zero-order chi connectivity index (χ0) is 9.97. The number of thioether (sulfide) groups is 1. The van der Waals surface area contributed by atoms with Gasteiger partial charge in [-0.15, -0.1) is 0 Å². The second-order valence-corrected chi connectivity index (χ2v) is 4.02. The van der Waals surface area contributed by atoms with Crippen LogP contribution >= 0.6 is 11.8 Å². The van der Waals surface area contributed by atoms with E-state index in [0.29, 0.717) is 5.17 Å². The lowest BCUT2D eigenvalue weighted by atomic mass is 10.1. The highest BCUT2D eigenvalue weighted by atomic mass is 32.2. The van der Waals surface area contributed by atoms with Gasteiger partial charge in [-0.25, -0.2) is 0 Å². The van der Waals surface area contributed by atoms with E-state index in [2.05, 4.69) is 10.3 Å². The van der Waals surface area contributed by atoms with Crippen LogP contribution < -0.4 is 5.32 Å². The maximum Gasteiger partial charge on any atom is 0.244 e. The maximum absolute atomic E-state index is 11.5. The van der Waals surface area contributed by atoms with Gasteiger partial charge in [0.1, 0.15) is 5.25 Å². The average Bonchev–Trinajstić information content (AvgIpc) is 2.61. The van der Waals surface area contributed by atoms with Crippen LogP contribution in [0.25, 0.3) is 0 Å². The van der Waals surface area contributed by atoms with Gasteiger partial charge in [-0.05, 0) is 5.56 Å². The van der Waals surface area contributed by atoms with Crippen molar-refractivity contribution in [3.8, 4) is 0 Å². The Kier molecular flexibility index (Phi) is 2.54. The van der Waals surface area contributed by atoms with Crippen molar-refractivity contribution in [3.63, 3.8) is 0 Å². The van der Waals surface area contributed by atoms with Crippen LogP contribution in [0.1, 0.15) is 10.8 Å². The van der Waals surface area contributed by atoms with Gasteiger partial charge in [0, 0.05) is 7.05 Å². The van der Waals surface area contributed by atoms with Crippen LogP contribution in [-0.2, 0) is 4.79 Å². The molecule has 0 saturated carbocycles. The summed E-state index contributed by atoms with van der Waals surface area (Å²) in [5.74, 6) is 0.0156. The van der Waals surface area contributed by atoms with Crippen molar-refractivity contribution in [2.45, 2.75) is 5.25 Å². The van der Waals surface area contributed by atoms with Crippen molar-refractivity contribution < 1.29 is 4.79 Å². The number of carbonyl (C=O) groups is 1. The van der Waals surface area contributed by atoms with E-state index in [1.165, 1.54) is 11.8 Å². The highest BCUT2D eigenvalue weighted by molar-refractivity contribution is 8.15. The Morgan fingerprint density at radius 3 is 2.64 bits per heavy atom. The SMILES string of the molecule is CN=C1NC(=O)[C@@H](c2ccccc2)S1. The summed E-state index contributed by atoms with van der Waals surface area (Å²) in [5.41, 5.74) is 1.02. The molecule has 1 aliphatic heterocycles. The van der Waals surface area contributed by atoms with Crippen molar-refractivity contribution in [1.82, 2.24) is 5.32 Å². The van der Waals surface area contributed by atoms with Crippen molar-refractivity contribution in [3.05, 3.63) is 35.9 Å². The molecule has 1 N–H and O–H groups in total. The first-order chi connectivity index (χ1) is 6.81. The first kappa shape index (κ1) is 9.27. The van der Waals surface area contributed by atoms with Crippen LogP contribution in [0.5, 0.6) is 0 Å². The Labute approximate surface area is 86.6 Å². The first-order valence-corrected chi connectivity index (χ1v) is 5.18. The Morgan fingerprint density at radius 2 is 2.07 bits per heavy atom. The molecule has 0 aromatic heterocycles. The fraction of sp³-hybridized carbons (Fsp3) is 0.200. The monoisotopic (exact) mass is 206 g/mol. The molecule has 72 valence electrons. The Balaban J connectivity index is 2.25. The summed E-state index contributed by atoms with van der Waals surface area (Å²) in [6, 6.07) is 9.72. The number of nitrogens with one attached hydrogen (secondary N) is 1. The minimum atomic E-state index is -0.144. The number of amidine groups is 1. The van der Waals surface area contributed by atoms with E-state index >= 15 is 0 Å². The molecule has 0 bridgehead atoms. The summed E-state index contributed by atoms with van der Waals surface area (Å²) in [7, 11) is 1.68. The van der Waals surface area contributed by atoms with Crippen LogP contribution in [0.2, 0.25) is 0 Å². The molecule has 1 amide bonds. The van der Waals surface area contributed by atoms with Crippen molar-refractivity contribution in [1.29, 1.82) is 0 Å². The zero-order valence-corrected chi connectivity index (χ0v) is 8.54. The minimum absolute atomic E-state index is 0.0156. The molecular formula is C10H10N2OS. The van der Waals surface area contributed by atoms with Crippen LogP contribution in [-0.4, -0.2) is 18.1 Å². The molecule has 2 rings (SSSR count). The number of hydrogen-bond donors (Lipinski definition) is 1.